The fourth-order valence-electron chi connectivity index (χ4n) is 1.53. The van der Waals surface area contributed by atoms with Crippen molar-refractivity contribution in [3.05, 3.63) is 0 Å². The summed E-state index contributed by atoms with van der Waals surface area (Å²) in [6, 6.07) is 0. The SMILES string of the molecule is CCCC(Cl)(C(=O)NN)C1CC1. The van der Waals surface area contributed by atoms with Crippen LogP contribution in [0.3, 0.4) is 0 Å². The zero-order valence-electron chi connectivity index (χ0n) is 7.27. The highest BCUT2D eigenvalue weighted by Crippen LogP contribution is 2.46. The Morgan fingerprint density at radius 3 is 2.67 bits per heavy atom. The normalized spacial score (nSPS) is 21.6. The van der Waals surface area contributed by atoms with Crippen molar-refractivity contribution >= 4 is 17.5 Å². The molecule has 12 heavy (non-hydrogen) atoms. The lowest BCUT2D eigenvalue weighted by molar-refractivity contribution is -0.124. The lowest BCUT2D eigenvalue weighted by Gasteiger charge is -2.23. The van der Waals surface area contributed by atoms with Crippen LogP contribution in [0, 0.1) is 5.92 Å². The molecule has 1 atom stereocenters. The molecule has 1 aliphatic rings. The molecule has 1 rings (SSSR count). The molecule has 3 nitrogen and oxygen atoms in total. The van der Waals surface area contributed by atoms with Crippen molar-refractivity contribution in [2.45, 2.75) is 37.5 Å². The molecule has 1 saturated carbocycles. The van der Waals surface area contributed by atoms with Crippen LogP contribution in [0.2, 0.25) is 0 Å². The topological polar surface area (TPSA) is 55.1 Å². The molecule has 0 bridgehead atoms. The maximum absolute atomic E-state index is 11.3. The van der Waals surface area contributed by atoms with Gasteiger partial charge in [-0.2, -0.15) is 0 Å². The second kappa shape index (κ2) is 3.62. The number of alkyl halides is 1. The van der Waals surface area contributed by atoms with Crippen LogP contribution in [0.25, 0.3) is 0 Å². The Morgan fingerprint density at radius 1 is 1.75 bits per heavy atom. The smallest absolute Gasteiger partial charge is 0.255 e. The van der Waals surface area contributed by atoms with Crippen LogP contribution >= 0.6 is 11.6 Å². The number of carbonyl (C=O) groups is 1. The molecule has 70 valence electrons. The Hall–Kier alpha value is -0.280. The summed E-state index contributed by atoms with van der Waals surface area (Å²) in [4.78, 5) is 10.6. The van der Waals surface area contributed by atoms with Gasteiger partial charge in [-0.05, 0) is 25.2 Å². The summed E-state index contributed by atoms with van der Waals surface area (Å²) in [7, 11) is 0. The molecule has 1 fully saturated rings. The Bertz CT molecular complexity index is 182. The fourth-order valence-corrected chi connectivity index (χ4v) is 1.99. The van der Waals surface area contributed by atoms with E-state index in [1.54, 1.807) is 0 Å². The van der Waals surface area contributed by atoms with E-state index in [1.165, 1.54) is 0 Å². The van der Waals surface area contributed by atoms with Crippen molar-refractivity contribution in [3.8, 4) is 0 Å². The molecule has 1 amide bonds. The molecular formula is C8H15ClN2O. The molecule has 0 aliphatic heterocycles. The Morgan fingerprint density at radius 2 is 2.33 bits per heavy atom. The first-order chi connectivity index (χ1) is 5.65. The van der Waals surface area contributed by atoms with Gasteiger partial charge in [-0.1, -0.05) is 13.3 Å². The lowest BCUT2D eigenvalue weighted by Crippen LogP contribution is -2.47. The Kier molecular flexibility index (Phi) is 2.96. The summed E-state index contributed by atoms with van der Waals surface area (Å²) in [5.74, 6) is 5.18. The molecule has 1 unspecified atom stereocenters. The van der Waals surface area contributed by atoms with Gasteiger partial charge >= 0.3 is 0 Å². The third kappa shape index (κ3) is 1.72. The van der Waals surface area contributed by atoms with Crippen LogP contribution in [0.15, 0.2) is 0 Å². The van der Waals surface area contributed by atoms with E-state index in [4.69, 9.17) is 17.4 Å². The van der Waals surface area contributed by atoms with Crippen molar-refractivity contribution in [2.75, 3.05) is 0 Å². The summed E-state index contributed by atoms with van der Waals surface area (Å²) in [6.45, 7) is 2.02. The van der Waals surface area contributed by atoms with E-state index in [0.29, 0.717) is 12.3 Å². The number of nitrogens with one attached hydrogen (secondary N) is 1. The molecule has 0 aromatic rings. The minimum Gasteiger partial charge on any atom is -0.293 e. The third-order valence-electron chi connectivity index (χ3n) is 2.35. The van der Waals surface area contributed by atoms with Crippen molar-refractivity contribution in [1.82, 2.24) is 5.43 Å². The molecule has 0 aromatic carbocycles. The number of amides is 1. The maximum Gasteiger partial charge on any atom is 0.255 e. The highest BCUT2D eigenvalue weighted by molar-refractivity contribution is 6.35. The minimum atomic E-state index is -0.733. The first-order valence-electron chi connectivity index (χ1n) is 4.35. The Balaban J connectivity index is 2.63. The lowest BCUT2D eigenvalue weighted by atomic mass is 9.96. The number of hydrogen-bond acceptors (Lipinski definition) is 2. The molecular weight excluding hydrogens is 176 g/mol. The predicted octanol–water partition coefficient (Wildman–Crippen LogP) is 1.16. The summed E-state index contributed by atoms with van der Waals surface area (Å²) in [5, 5.41) is 0. The van der Waals surface area contributed by atoms with Gasteiger partial charge in [0.15, 0.2) is 0 Å². The number of hydrogen-bond donors (Lipinski definition) is 2. The number of nitrogens with two attached hydrogens (primary N) is 1. The highest BCUT2D eigenvalue weighted by atomic mass is 35.5. The summed E-state index contributed by atoms with van der Waals surface area (Å²) in [5.41, 5.74) is 2.14. The van der Waals surface area contributed by atoms with E-state index in [1.807, 2.05) is 6.92 Å². The van der Waals surface area contributed by atoms with Crippen molar-refractivity contribution in [3.63, 3.8) is 0 Å². The first kappa shape index (κ1) is 9.81. The molecule has 4 heteroatoms. The molecule has 0 saturated heterocycles. The number of halogens is 1. The largest absolute Gasteiger partial charge is 0.293 e. The monoisotopic (exact) mass is 190 g/mol. The standard InChI is InChI=1S/C8H15ClN2O/c1-2-5-8(9,6-3-4-6)7(12)11-10/h6H,2-5,10H2,1H3,(H,11,12). The molecule has 0 radical (unpaired) electrons. The quantitative estimate of drug-likeness (QED) is 0.303. The van der Waals surface area contributed by atoms with Crippen LogP contribution in [0.4, 0.5) is 0 Å². The van der Waals surface area contributed by atoms with Gasteiger partial charge in [-0.25, -0.2) is 5.84 Å². The van der Waals surface area contributed by atoms with Crippen LogP contribution in [-0.4, -0.2) is 10.8 Å². The summed E-state index contributed by atoms with van der Waals surface area (Å²) < 4.78 is 0. The highest BCUT2D eigenvalue weighted by Gasteiger charge is 2.48. The van der Waals surface area contributed by atoms with Crippen LogP contribution < -0.4 is 11.3 Å². The van der Waals surface area contributed by atoms with Crippen LogP contribution in [0.1, 0.15) is 32.6 Å². The van der Waals surface area contributed by atoms with Gasteiger partial charge in [0.25, 0.3) is 5.91 Å². The van der Waals surface area contributed by atoms with Gasteiger partial charge in [-0.15, -0.1) is 11.6 Å². The summed E-state index contributed by atoms with van der Waals surface area (Å²) in [6.07, 6.45) is 3.73. The average Bonchev–Trinajstić information content (AvgIpc) is 2.85. The van der Waals surface area contributed by atoms with Crippen LogP contribution in [-0.2, 0) is 4.79 Å². The first-order valence-corrected chi connectivity index (χ1v) is 4.73. The van der Waals surface area contributed by atoms with E-state index in [2.05, 4.69) is 5.43 Å². The maximum atomic E-state index is 11.3. The van der Waals surface area contributed by atoms with Gasteiger partial charge in [-0.3, -0.25) is 10.2 Å². The van der Waals surface area contributed by atoms with E-state index in [-0.39, 0.29) is 5.91 Å². The van der Waals surface area contributed by atoms with Crippen molar-refractivity contribution in [2.24, 2.45) is 11.8 Å². The molecule has 0 aromatic heterocycles. The third-order valence-corrected chi connectivity index (χ3v) is 3.02. The zero-order chi connectivity index (χ0) is 9.19. The van der Waals surface area contributed by atoms with E-state index in [9.17, 15) is 4.79 Å². The molecule has 0 heterocycles. The number of hydrazine groups is 1. The van der Waals surface area contributed by atoms with Gasteiger partial charge in [0.05, 0.1) is 0 Å². The van der Waals surface area contributed by atoms with Gasteiger partial charge in [0.1, 0.15) is 4.87 Å². The van der Waals surface area contributed by atoms with Gasteiger partial charge in [0.2, 0.25) is 0 Å². The second-order valence-electron chi connectivity index (χ2n) is 3.36. The molecule has 1 aliphatic carbocycles. The average molecular weight is 191 g/mol. The van der Waals surface area contributed by atoms with E-state index >= 15 is 0 Å². The van der Waals surface area contributed by atoms with Crippen molar-refractivity contribution < 1.29 is 4.79 Å². The Labute approximate surface area is 77.6 Å². The van der Waals surface area contributed by atoms with Crippen molar-refractivity contribution in [1.29, 1.82) is 0 Å². The van der Waals surface area contributed by atoms with E-state index < -0.39 is 4.87 Å². The molecule has 3 N–H and O–H groups in total. The minimum absolute atomic E-state index is 0.228. The predicted molar refractivity (Wildman–Crippen MR) is 48.5 cm³/mol. The van der Waals surface area contributed by atoms with Gasteiger partial charge < -0.3 is 0 Å². The number of carbonyl (C=O) groups excluding carboxylic acids is 1. The second-order valence-corrected chi connectivity index (χ2v) is 4.03. The summed E-state index contributed by atoms with van der Waals surface area (Å²) >= 11 is 6.20. The fraction of sp³-hybridized carbons (Fsp3) is 0.875. The molecule has 0 spiro atoms. The van der Waals surface area contributed by atoms with E-state index in [0.717, 1.165) is 19.3 Å². The zero-order valence-corrected chi connectivity index (χ0v) is 8.03. The van der Waals surface area contributed by atoms with Gasteiger partial charge in [0, 0.05) is 0 Å². The van der Waals surface area contributed by atoms with Crippen LogP contribution in [0.5, 0.6) is 0 Å². The number of rotatable bonds is 4.